The van der Waals surface area contributed by atoms with E-state index in [9.17, 15) is 9.18 Å². The molecule has 1 unspecified atom stereocenters. The molecule has 7 heteroatoms. The first-order valence-electron chi connectivity index (χ1n) is 10.2. The zero-order valence-electron chi connectivity index (χ0n) is 18.9. The quantitative estimate of drug-likeness (QED) is 0.493. The average molecular weight is 441 g/mol. The van der Waals surface area contributed by atoms with Gasteiger partial charge in [0.1, 0.15) is 5.82 Å². The molecule has 0 aliphatic carbocycles. The van der Waals surface area contributed by atoms with E-state index in [1.807, 2.05) is 18.5 Å². The molecule has 2 aromatic carbocycles. The van der Waals surface area contributed by atoms with Crippen LogP contribution in [0.25, 0.3) is 11.4 Å². The molecule has 164 valence electrons. The summed E-state index contributed by atoms with van der Waals surface area (Å²) in [6.45, 7) is 8.48. The molecule has 0 saturated carbocycles. The molecule has 5 nitrogen and oxygen atoms in total. The van der Waals surface area contributed by atoms with Gasteiger partial charge < -0.3 is 9.47 Å². The van der Waals surface area contributed by atoms with Crippen LogP contribution in [-0.4, -0.2) is 38.4 Å². The molecule has 3 aromatic rings. The second kappa shape index (κ2) is 9.22. The molecule has 1 atom stereocenters. The standard InChI is InChI=1S/C24H29FN4OS/c1-16(17-9-13-20(25)14-10-17)28(5)21(30)15-31-23-27-26-22(29(23)6)18-7-11-19(12-8-18)24(2,3)4/h7-14,16H,15H2,1-6H3. The van der Waals surface area contributed by atoms with E-state index in [1.165, 1.54) is 29.5 Å². The van der Waals surface area contributed by atoms with Crippen LogP contribution in [0.15, 0.2) is 53.7 Å². The number of hydrogen-bond acceptors (Lipinski definition) is 4. The monoisotopic (exact) mass is 440 g/mol. The molecule has 0 N–H and O–H groups in total. The van der Waals surface area contributed by atoms with Crippen LogP contribution < -0.4 is 0 Å². The number of thioether (sulfide) groups is 1. The van der Waals surface area contributed by atoms with E-state index < -0.39 is 0 Å². The van der Waals surface area contributed by atoms with Crippen LogP contribution in [0.1, 0.15) is 44.9 Å². The van der Waals surface area contributed by atoms with Crippen LogP contribution in [-0.2, 0) is 17.3 Å². The number of nitrogens with zero attached hydrogens (tertiary/aromatic N) is 4. The minimum absolute atomic E-state index is 0.0269. The largest absolute Gasteiger partial charge is 0.338 e. The minimum atomic E-state index is -0.286. The number of halogens is 1. The number of benzene rings is 2. The maximum Gasteiger partial charge on any atom is 0.233 e. The maximum atomic E-state index is 13.2. The van der Waals surface area contributed by atoms with E-state index >= 15 is 0 Å². The SMILES string of the molecule is CC(c1ccc(F)cc1)N(C)C(=O)CSc1nnc(-c2ccc(C(C)(C)C)cc2)n1C. The molecule has 0 aliphatic rings. The first-order chi connectivity index (χ1) is 14.6. The summed E-state index contributed by atoms with van der Waals surface area (Å²) in [6, 6.07) is 14.4. The van der Waals surface area contributed by atoms with Gasteiger partial charge >= 0.3 is 0 Å². The van der Waals surface area contributed by atoms with Crippen LogP contribution >= 0.6 is 11.8 Å². The molecule has 0 fully saturated rings. The third-order valence-corrected chi connectivity index (χ3v) is 6.50. The van der Waals surface area contributed by atoms with Gasteiger partial charge in [-0.2, -0.15) is 0 Å². The van der Waals surface area contributed by atoms with Crippen molar-refractivity contribution in [3.63, 3.8) is 0 Å². The Morgan fingerprint density at radius 1 is 1.10 bits per heavy atom. The first kappa shape index (κ1) is 23.0. The lowest BCUT2D eigenvalue weighted by molar-refractivity contribution is -0.128. The second-order valence-electron chi connectivity index (χ2n) is 8.71. The van der Waals surface area contributed by atoms with Crippen molar-refractivity contribution >= 4 is 17.7 Å². The molecule has 0 spiro atoms. The van der Waals surface area contributed by atoms with Crippen molar-refractivity contribution in [2.45, 2.75) is 44.3 Å². The van der Waals surface area contributed by atoms with E-state index in [0.29, 0.717) is 5.16 Å². The van der Waals surface area contributed by atoms with Crippen molar-refractivity contribution in [2.24, 2.45) is 7.05 Å². The van der Waals surface area contributed by atoms with Crippen LogP contribution in [0, 0.1) is 5.82 Å². The predicted molar refractivity (Wildman–Crippen MR) is 123 cm³/mol. The van der Waals surface area contributed by atoms with Crippen molar-refractivity contribution < 1.29 is 9.18 Å². The van der Waals surface area contributed by atoms with Gasteiger partial charge in [-0.3, -0.25) is 4.79 Å². The molecule has 0 radical (unpaired) electrons. The fourth-order valence-corrected chi connectivity index (χ4v) is 4.06. The lowest BCUT2D eigenvalue weighted by atomic mass is 9.87. The highest BCUT2D eigenvalue weighted by Crippen LogP contribution is 2.27. The third kappa shape index (κ3) is 5.34. The van der Waals surface area contributed by atoms with Gasteiger partial charge in [0.05, 0.1) is 11.8 Å². The van der Waals surface area contributed by atoms with Crippen molar-refractivity contribution in [3.05, 3.63) is 65.5 Å². The van der Waals surface area contributed by atoms with Crippen molar-refractivity contribution in [3.8, 4) is 11.4 Å². The van der Waals surface area contributed by atoms with Crippen LogP contribution in [0.2, 0.25) is 0 Å². The molecule has 3 rings (SSSR count). The van der Waals surface area contributed by atoms with Gasteiger partial charge in [0.25, 0.3) is 0 Å². The van der Waals surface area contributed by atoms with Gasteiger partial charge in [-0.25, -0.2) is 4.39 Å². The summed E-state index contributed by atoms with van der Waals surface area (Å²) in [5.41, 5.74) is 3.23. The number of carbonyl (C=O) groups is 1. The molecule has 0 saturated heterocycles. The Labute approximate surface area is 187 Å². The van der Waals surface area contributed by atoms with Gasteiger partial charge in [0, 0.05) is 19.7 Å². The van der Waals surface area contributed by atoms with E-state index in [0.717, 1.165) is 17.0 Å². The number of amides is 1. The van der Waals surface area contributed by atoms with Gasteiger partial charge in [0.2, 0.25) is 5.91 Å². The Bertz CT molecular complexity index is 1040. The summed E-state index contributed by atoms with van der Waals surface area (Å²) < 4.78 is 15.1. The van der Waals surface area contributed by atoms with Gasteiger partial charge in [-0.15, -0.1) is 10.2 Å². The molecule has 1 heterocycles. The molecular weight excluding hydrogens is 411 g/mol. The van der Waals surface area contributed by atoms with Crippen LogP contribution in [0.3, 0.4) is 0 Å². The Hall–Kier alpha value is -2.67. The van der Waals surface area contributed by atoms with E-state index in [1.54, 1.807) is 24.1 Å². The molecule has 1 aromatic heterocycles. The highest BCUT2D eigenvalue weighted by Gasteiger charge is 2.20. The minimum Gasteiger partial charge on any atom is -0.338 e. The van der Waals surface area contributed by atoms with Crippen LogP contribution in [0.5, 0.6) is 0 Å². The summed E-state index contributed by atoms with van der Waals surface area (Å²) in [6.07, 6.45) is 0. The summed E-state index contributed by atoms with van der Waals surface area (Å²) in [7, 11) is 3.67. The second-order valence-corrected chi connectivity index (χ2v) is 9.66. The maximum absolute atomic E-state index is 13.2. The van der Waals surface area contributed by atoms with Crippen molar-refractivity contribution in [1.29, 1.82) is 0 Å². The highest BCUT2D eigenvalue weighted by atomic mass is 32.2. The lowest BCUT2D eigenvalue weighted by Crippen LogP contribution is -2.31. The Kier molecular flexibility index (Phi) is 6.84. The summed E-state index contributed by atoms with van der Waals surface area (Å²) >= 11 is 1.36. The summed E-state index contributed by atoms with van der Waals surface area (Å²) in [5.74, 6) is 0.702. The first-order valence-corrected chi connectivity index (χ1v) is 11.2. The fourth-order valence-electron chi connectivity index (χ4n) is 3.22. The molecule has 0 bridgehead atoms. The molecule has 31 heavy (non-hydrogen) atoms. The zero-order valence-corrected chi connectivity index (χ0v) is 19.7. The summed E-state index contributed by atoms with van der Waals surface area (Å²) in [5, 5.41) is 9.28. The van der Waals surface area contributed by atoms with Gasteiger partial charge in [0.15, 0.2) is 11.0 Å². The highest BCUT2D eigenvalue weighted by molar-refractivity contribution is 7.99. The number of rotatable bonds is 6. The topological polar surface area (TPSA) is 51.0 Å². The van der Waals surface area contributed by atoms with Crippen molar-refractivity contribution in [2.75, 3.05) is 12.8 Å². The Morgan fingerprint density at radius 2 is 1.71 bits per heavy atom. The lowest BCUT2D eigenvalue weighted by Gasteiger charge is -2.25. The van der Waals surface area contributed by atoms with Crippen LogP contribution in [0.4, 0.5) is 4.39 Å². The smallest absolute Gasteiger partial charge is 0.233 e. The predicted octanol–water partition coefficient (Wildman–Crippen LogP) is 5.23. The Balaban J connectivity index is 1.65. The summed E-state index contributed by atoms with van der Waals surface area (Å²) in [4.78, 5) is 14.4. The third-order valence-electron chi connectivity index (χ3n) is 5.50. The number of aromatic nitrogens is 3. The average Bonchev–Trinajstić information content (AvgIpc) is 3.11. The normalized spacial score (nSPS) is 12.6. The van der Waals surface area contributed by atoms with E-state index in [2.05, 4.69) is 55.2 Å². The Morgan fingerprint density at radius 3 is 2.29 bits per heavy atom. The fraction of sp³-hybridized carbons (Fsp3) is 0.375. The number of hydrogen-bond donors (Lipinski definition) is 0. The number of carbonyl (C=O) groups excluding carboxylic acids is 1. The van der Waals surface area contributed by atoms with E-state index in [4.69, 9.17) is 0 Å². The zero-order chi connectivity index (χ0) is 22.8. The molecule has 1 amide bonds. The van der Waals surface area contributed by atoms with Crippen molar-refractivity contribution in [1.82, 2.24) is 19.7 Å². The molecule has 0 aliphatic heterocycles. The molecular formula is C24H29FN4OS. The van der Waals surface area contributed by atoms with E-state index in [-0.39, 0.29) is 28.9 Å². The van der Waals surface area contributed by atoms with Gasteiger partial charge in [-0.05, 0) is 35.6 Å². The van der Waals surface area contributed by atoms with Gasteiger partial charge in [-0.1, -0.05) is 68.9 Å².